The smallest absolute Gasteiger partial charge is 0.0653 e. The molecule has 0 radical (unpaired) electrons. The first-order chi connectivity index (χ1) is 10.4. The standard InChI is InChI=1S/C16H23N5.ClH/c1-2-14-10-18-19-16(14)9-13(1)11-20-6-3-15(12-20)21-7-4-17-5-8-21;/h1-2,9-10,15,17H,3-8,11-12H2,(H,18,19);1H. The van der Waals surface area contributed by atoms with Crippen LogP contribution in [-0.2, 0) is 6.54 Å². The molecular formula is C16H24ClN5. The lowest BCUT2D eigenvalue weighted by atomic mass is 10.1. The van der Waals surface area contributed by atoms with Crippen LogP contribution in [0.4, 0.5) is 0 Å². The topological polar surface area (TPSA) is 47.2 Å². The summed E-state index contributed by atoms with van der Waals surface area (Å²) in [7, 11) is 0. The van der Waals surface area contributed by atoms with Crippen LogP contribution in [-0.4, -0.2) is 65.3 Å². The summed E-state index contributed by atoms with van der Waals surface area (Å²) >= 11 is 0. The van der Waals surface area contributed by atoms with Gasteiger partial charge in [0.2, 0.25) is 0 Å². The van der Waals surface area contributed by atoms with Crippen LogP contribution in [0.2, 0.25) is 0 Å². The predicted octanol–water partition coefficient (Wildman–Crippen LogP) is 1.46. The van der Waals surface area contributed by atoms with Gasteiger partial charge in [-0.1, -0.05) is 12.1 Å². The number of likely N-dealkylation sites (tertiary alicyclic amines) is 1. The number of hydrogen-bond donors (Lipinski definition) is 2. The molecule has 0 saturated carbocycles. The van der Waals surface area contributed by atoms with Gasteiger partial charge in [0.1, 0.15) is 0 Å². The number of piperazine rings is 1. The fourth-order valence-corrected chi connectivity index (χ4v) is 3.64. The zero-order valence-corrected chi connectivity index (χ0v) is 13.6. The SMILES string of the molecule is Cl.c1cc2cn[nH]c2cc1CN1CCC(N2CCNCC2)C1. The Bertz CT molecular complexity index is 607. The van der Waals surface area contributed by atoms with Crippen LogP contribution in [0.1, 0.15) is 12.0 Å². The van der Waals surface area contributed by atoms with Crippen LogP contribution < -0.4 is 5.32 Å². The molecule has 2 fully saturated rings. The summed E-state index contributed by atoms with van der Waals surface area (Å²) in [6.07, 6.45) is 3.20. The minimum atomic E-state index is 0. The second-order valence-electron chi connectivity index (χ2n) is 6.26. The Morgan fingerprint density at radius 1 is 1.18 bits per heavy atom. The maximum absolute atomic E-state index is 4.10. The Hall–Kier alpha value is -1.14. The van der Waals surface area contributed by atoms with Gasteiger partial charge in [0, 0.05) is 57.2 Å². The molecule has 4 rings (SSSR count). The van der Waals surface area contributed by atoms with E-state index in [1.807, 2.05) is 6.20 Å². The Labute approximate surface area is 137 Å². The van der Waals surface area contributed by atoms with E-state index in [2.05, 4.69) is 43.5 Å². The normalized spacial score (nSPS) is 23.7. The molecule has 1 aromatic heterocycles. The molecular weight excluding hydrogens is 298 g/mol. The summed E-state index contributed by atoms with van der Waals surface area (Å²) < 4.78 is 0. The van der Waals surface area contributed by atoms with Crippen molar-refractivity contribution in [1.29, 1.82) is 0 Å². The molecule has 6 heteroatoms. The molecule has 1 aromatic carbocycles. The lowest BCUT2D eigenvalue weighted by molar-refractivity contribution is 0.170. The number of benzene rings is 1. The Morgan fingerprint density at radius 2 is 2.05 bits per heavy atom. The molecule has 0 bridgehead atoms. The lowest BCUT2D eigenvalue weighted by Gasteiger charge is -2.32. The third-order valence-electron chi connectivity index (χ3n) is 4.83. The van der Waals surface area contributed by atoms with Crippen LogP contribution in [0.15, 0.2) is 24.4 Å². The van der Waals surface area contributed by atoms with Gasteiger partial charge in [-0.15, -0.1) is 12.4 Å². The van der Waals surface area contributed by atoms with E-state index in [-0.39, 0.29) is 12.4 Å². The Morgan fingerprint density at radius 3 is 2.91 bits per heavy atom. The molecule has 0 amide bonds. The third kappa shape index (κ3) is 3.27. The summed E-state index contributed by atoms with van der Waals surface area (Å²) in [6.45, 7) is 8.19. The fourth-order valence-electron chi connectivity index (χ4n) is 3.64. The highest BCUT2D eigenvalue weighted by Gasteiger charge is 2.28. The first-order valence-electron chi connectivity index (χ1n) is 7.98. The van der Waals surface area contributed by atoms with Gasteiger partial charge in [-0.05, 0) is 18.1 Å². The van der Waals surface area contributed by atoms with E-state index in [0.717, 1.165) is 31.2 Å². The summed E-state index contributed by atoms with van der Waals surface area (Å²) in [5, 5.41) is 11.8. The zero-order chi connectivity index (χ0) is 14.1. The van der Waals surface area contributed by atoms with Crippen LogP contribution in [0, 0.1) is 0 Å². The summed E-state index contributed by atoms with van der Waals surface area (Å²) in [4.78, 5) is 5.25. The van der Waals surface area contributed by atoms with E-state index < -0.39 is 0 Å². The van der Waals surface area contributed by atoms with E-state index in [4.69, 9.17) is 0 Å². The molecule has 2 saturated heterocycles. The van der Waals surface area contributed by atoms with Crippen LogP contribution >= 0.6 is 12.4 Å². The monoisotopic (exact) mass is 321 g/mol. The van der Waals surface area contributed by atoms with Gasteiger partial charge in [0.25, 0.3) is 0 Å². The lowest BCUT2D eigenvalue weighted by Crippen LogP contribution is -2.49. The quantitative estimate of drug-likeness (QED) is 0.898. The van der Waals surface area contributed by atoms with Crippen molar-refractivity contribution in [2.24, 2.45) is 0 Å². The molecule has 2 aromatic rings. The molecule has 0 spiro atoms. The summed E-state index contributed by atoms with van der Waals surface area (Å²) in [6, 6.07) is 7.39. The van der Waals surface area contributed by atoms with Gasteiger partial charge >= 0.3 is 0 Å². The van der Waals surface area contributed by atoms with Crippen molar-refractivity contribution < 1.29 is 0 Å². The van der Waals surface area contributed by atoms with E-state index in [1.54, 1.807) is 0 Å². The summed E-state index contributed by atoms with van der Waals surface area (Å²) in [5.74, 6) is 0. The van der Waals surface area contributed by atoms with Crippen molar-refractivity contribution in [3.05, 3.63) is 30.0 Å². The number of rotatable bonds is 3. The number of hydrogen-bond acceptors (Lipinski definition) is 4. The van der Waals surface area contributed by atoms with Crippen molar-refractivity contribution in [2.45, 2.75) is 19.0 Å². The van der Waals surface area contributed by atoms with E-state index >= 15 is 0 Å². The first-order valence-corrected chi connectivity index (χ1v) is 7.98. The highest BCUT2D eigenvalue weighted by atomic mass is 35.5. The van der Waals surface area contributed by atoms with E-state index in [1.165, 1.54) is 43.5 Å². The highest BCUT2D eigenvalue weighted by Crippen LogP contribution is 2.20. The number of halogens is 1. The number of aromatic amines is 1. The molecule has 2 N–H and O–H groups in total. The Balaban J connectivity index is 0.00000144. The van der Waals surface area contributed by atoms with Crippen molar-refractivity contribution in [3.63, 3.8) is 0 Å². The van der Waals surface area contributed by atoms with Gasteiger partial charge in [-0.25, -0.2) is 0 Å². The highest BCUT2D eigenvalue weighted by molar-refractivity contribution is 5.85. The largest absolute Gasteiger partial charge is 0.314 e. The van der Waals surface area contributed by atoms with Gasteiger partial charge in [-0.3, -0.25) is 14.9 Å². The number of H-pyrrole nitrogens is 1. The maximum atomic E-state index is 4.10. The minimum Gasteiger partial charge on any atom is -0.314 e. The average molecular weight is 322 g/mol. The van der Waals surface area contributed by atoms with Gasteiger partial charge in [0.05, 0.1) is 11.7 Å². The van der Waals surface area contributed by atoms with Crippen LogP contribution in [0.25, 0.3) is 10.9 Å². The zero-order valence-electron chi connectivity index (χ0n) is 12.8. The van der Waals surface area contributed by atoms with Gasteiger partial charge in [-0.2, -0.15) is 5.10 Å². The summed E-state index contributed by atoms with van der Waals surface area (Å²) in [5.41, 5.74) is 2.53. The number of nitrogens with zero attached hydrogens (tertiary/aromatic N) is 3. The van der Waals surface area contributed by atoms with E-state index in [9.17, 15) is 0 Å². The van der Waals surface area contributed by atoms with Crippen molar-refractivity contribution in [3.8, 4) is 0 Å². The molecule has 2 aliphatic rings. The molecule has 0 aliphatic carbocycles. The second kappa shape index (κ2) is 6.96. The van der Waals surface area contributed by atoms with Crippen molar-refractivity contribution in [2.75, 3.05) is 39.3 Å². The predicted molar refractivity (Wildman–Crippen MR) is 91.5 cm³/mol. The molecule has 1 atom stereocenters. The number of aromatic nitrogens is 2. The average Bonchev–Trinajstić information content (AvgIpc) is 3.17. The molecule has 2 aliphatic heterocycles. The van der Waals surface area contributed by atoms with Gasteiger partial charge < -0.3 is 5.32 Å². The fraction of sp³-hybridized carbons (Fsp3) is 0.562. The van der Waals surface area contributed by atoms with Crippen LogP contribution in [0.3, 0.4) is 0 Å². The second-order valence-corrected chi connectivity index (χ2v) is 6.26. The van der Waals surface area contributed by atoms with Crippen molar-refractivity contribution in [1.82, 2.24) is 25.3 Å². The molecule has 5 nitrogen and oxygen atoms in total. The number of nitrogens with one attached hydrogen (secondary N) is 2. The van der Waals surface area contributed by atoms with Crippen molar-refractivity contribution >= 4 is 23.3 Å². The van der Waals surface area contributed by atoms with E-state index in [0.29, 0.717) is 0 Å². The maximum Gasteiger partial charge on any atom is 0.0653 e. The molecule has 120 valence electrons. The molecule has 3 heterocycles. The number of fused-ring (bicyclic) bond motifs is 1. The first kappa shape index (κ1) is 15.7. The van der Waals surface area contributed by atoms with Crippen LogP contribution in [0.5, 0.6) is 0 Å². The third-order valence-corrected chi connectivity index (χ3v) is 4.83. The molecule has 1 unspecified atom stereocenters. The Kier molecular flexibility index (Phi) is 4.98. The minimum absolute atomic E-state index is 0. The van der Waals surface area contributed by atoms with Gasteiger partial charge in [0.15, 0.2) is 0 Å². The molecule has 22 heavy (non-hydrogen) atoms.